The van der Waals surface area contributed by atoms with Gasteiger partial charge in [-0.2, -0.15) is 0 Å². The Morgan fingerprint density at radius 3 is 3.06 bits per heavy atom. The third kappa shape index (κ3) is 2.06. The Hall–Kier alpha value is -1.62. The van der Waals surface area contributed by atoms with Gasteiger partial charge in [-0.25, -0.2) is 4.63 Å². The average molecular weight is 246 g/mol. The van der Waals surface area contributed by atoms with Gasteiger partial charge in [-0.1, -0.05) is 16.7 Å². The lowest BCUT2D eigenvalue weighted by atomic mass is 10.1. The zero-order valence-electron chi connectivity index (χ0n) is 10.6. The largest absolute Gasteiger partial charge is 0.348 e. The first-order chi connectivity index (χ1) is 8.74. The molecule has 5 heteroatoms. The molecule has 0 bridgehead atoms. The number of nitrogens with zero attached hydrogens (tertiary/aromatic N) is 3. The Bertz CT molecular complexity index is 543. The Labute approximate surface area is 106 Å². The summed E-state index contributed by atoms with van der Waals surface area (Å²) in [4.78, 5) is 0. The van der Waals surface area contributed by atoms with Crippen LogP contribution in [0.15, 0.2) is 17.0 Å². The summed E-state index contributed by atoms with van der Waals surface area (Å²) in [5.74, 6) is 0. The monoisotopic (exact) mass is 246 g/mol. The lowest BCUT2D eigenvalue weighted by Gasteiger charge is -2.07. The fraction of sp³-hybridized carbons (Fsp3) is 0.538. The van der Waals surface area contributed by atoms with E-state index in [2.05, 4.69) is 27.3 Å². The standard InChI is InChI=1S/C13H18N4O/c1-9-13(16-18-15-9)8-17-6-10-4-2-3-5-12(14)11(10)7-17/h6-7,12H,2-5,8,14H2,1H3. The second-order valence-corrected chi connectivity index (χ2v) is 5.06. The van der Waals surface area contributed by atoms with Crippen molar-refractivity contribution in [3.05, 3.63) is 34.9 Å². The first kappa shape index (κ1) is 11.5. The van der Waals surface area contributed by atoms with Crippen LogP contribution in [0.3, 0.4) is 0 Å². The van der Waals surface area contributed by atoms with Gasteiger partial charge in [-0.3, -0.25) is 0 Å². The van der Waals surface area contributed by atoms with Crippen LogP contribution in [0.5, 0.6) is 0 Å². The lowest BCUT2D eigenvalue weighted by molar-refractivity contribution is 0.300. The van der Waals surface area contributed by atoms with Gasteiger partial charge in [0.2, 0.25) is 0 Å². The highest BCUT2D eigenvalue weighted by Gasteiger charge is 2.18. The van der Waals surface area contributed by atoms with Crippen molar-refractivity contribution >= 4 is 0 Å². The van der Waals surface area contributed by atoms with Gasteiger partial charge in [0.1, 0.15) is 11.4 Å². The maximum Gasteiger partial charge on any atom is 0.127 e. The third-order valence-corrected chi connectivity index (χ3v) is 3.69. The van der Waals surface area contributed by atoms with E-state index in [1.807, 2.05) is 6.92 Å². The second-order valence-electron chi connectivity index (χ2n) is 5.06. The van der Waals surface area contributed by atoms with Crippen LogP contribution in [0.2, 0.25) is 0 Å². The second kappa shape index (κ2) is 4.57. The molecule has 5 nitrogen and oxygen atoms in total. The van der Waals surface area contributed by atoms with E-state index in [-0.39, 0.29) is 6.04 Å². The lowest BCUT2D eigenvalue weighted by Crippen LogP contribution is -2.09. The van der Waals surface area contributed by atoms with Crippen LogP contribution in [0.1, 0.15) is 47.8 Å². The van der Waals surface area contributed by atoms with Gasteiger partial charge >= 0.3 is 0 Å². The molecule has 1 aliphatic carbocycles. The molecule has 3 rings (SSSR count). The molecule has 0 aliphatic heterocycles. The SMILES string of the molecule is Cc1nonc1Cn1cc2c(c1)C(N)CCCC2. The van der Waals surface area contributed by atoms with Crippen molar-refractivity contribution in [1.29, 1.82) is 0 Å². The molecule has 0 spiro atoms. The molecule has 1 aliphatic rings. The number of rotatable bonds is 2. The van der Waals surface area contributed by atoms with Crippen molar-refractivity contribution < 1.29 is 4.63 Å². The maximum atomic E-state index is 6.20. The summed E-state index contributed by atoms with van der Waals surface area (Å²) in [5, 5.41) is 7.72. The first-order valence-electron chi connectivity index (χ1n) is 6.46. The molecule has 1 unspecified atom stereocenters. The predicted molar refractivity (Wildman–Crippen MR) is 67.1 cm³/mol. The van der Waals surface area contributed by atoms with E-state index >= 15 is 0 Å². The Morgan fingerprint density at radius 1 is 1.39 bits per heavy atom. The van der Waals surface area contributed by atoms with Crippen molar-refractivity contribution in [3.63, 3.8) is 0 Å². The van der Waals surface area contributed by atoms with Crippen molar-refractivity contribution in [2.45, 2.75) is 45.2 Å². The zero-order chi connectivity index (χ0) is 12.5. The van der Waals surface area contributed by atoms with Crippen molar-refractivity contribution in [3.8, 4) is 0 Å². The Morgan fingerprint density at radius 2 is 2.28 bits per heavy atom. The highest BCUT2D eigenvalue weighted by molar-refractivity contribution is 5.29. The van der Waals surface area contributed by atoms with Gasteiger partial charge in [0.05, 0.1) is 6.54 Å². The van der Waals surface area contributed by atoms with E-state index in [0.717, 1.165) is 24.2 Å². The Balaban J connectivity index is 1.87. The summed E-state index contributed by atoms with van der Waals surface area (Å²) in [5.41, 5.74) is 10.6. The molecule has 1 atom stereocenters. The molecule has 0 amide bonds. The Kier molecular flexibility index (Phi) is 2.91. The minimum Gasteiger partial charge on any atom is -0.348 e. The fourth-order valence-electron chi connectivity index (χ4n) is 2.61. The van der Waals surface area contributed by atoms with Crippen LogP contribution in [-0.4, -0.2) is 14.9 Å². The van der Waals surface area contributed by atoms with Crippen LogP contribution in [-0.2, 0) is 13.0 Å². The molecule has 2 aromatic heterocycles. The minimum absolute atomic E-state index is 0.181. The number of aromatic nitrogens is 3. The minimum atomic E-state index is 0.181. The molecule has 0 fully saturated rings. The van der Waals surface area contributed by atoms with E-state index in [1.54, 1.807) is 0 Å². The van der Waals surface area contributed by atoms with E-state index < -0.39 is 0 Å². The van der Waals surface area contributed by atoms with E-state index in [0.29, 0.717) is 6.54 Å². The summed E-state index contributed by atoms with van der Waals surface area (Å²) in [6.45, 7) is 2.61. The summed E-state index contributed by atoms with van der Waals surface area (Å²) in [7, 11) is 0. The van der Waals surface area contributed by atoms with Gasteiger partial charge in [-0.05, 0) is 37.3 Å². The molecule has 0 saturated heterocycles. The van der Waals surface area contributed by atoms with Crippen LogP contribution in [0.4, 0.5) is 0 Å². The summed E-state index contributed by atoms with van der Waals surface area (Å²) >= 11 is 0. The van der Waals surface area contributed by atoms with E-state index in [4.69, 9.17) is 10.4 Å². The van der Waals surface area contributed by atoms with Gasteiger partial charge in [0, 0.05) is 18.4 Å². The van der Waals surface area contributed by atoms with Crippen LogP contribution in [0, 0.1) is 6.92 Å². The summed E-state index contributed by atoms with van der Waals surface area (Å²) in [6.07, 6.45) is 9.01. The molecule has 0 saturated carbocycles. The summed E-state index contributed by atoms with van der Waals surface area (Å²) < 4.78 is 6.86. The smallest absolute Gasteiger partial charge is 0.127 e. The first-order valence-corrected chi connectivity index (χ1v) is 6.46. The molecule has 18 heavy (non-hydrogen) atoms. The van der Waals surface area contributed by atoms with Gasteiger partial charge in [0.15, 0.2) is 0 Å². The predicted octanol–water partition coefficient (Wildman–Crippen LogP) is 1.95. The van der Waals surface area contributed by atoms with Crippen LogP contribution >= 0.6 is 0 Å². The summed E-state index contributed by atoms with van der Waals surface area (Å²) in [6, 6.07) is 0.181. The number of hydrogen-bond acceptors (Lipinski definition) is 4. The third-order valence-electron chi connectivity index (χ3n) is 3.69. The number of aryl methyl sites for hydroxylation is 2. The molecular weight excluding hydrogens is 228 g/mol. The number of fused-ring (bicyclic) bond motifs is 1. The van der Waals surface area contributed by atoms with Gasteiger partial charge in [-0.15, -0.1) is 0 Å². The highest BCUT2D eigenvalue weighted by atomic mass is 16.6. The highest BCUT2D eigenvalue weighted by Crippen LogP contribution is 2.27. The van der Waals surface area contributed by atoms with Crippen LogP contribution < -0.4 is 5.73 Å². The van der Waals surface area contributed by atoms with Crippen LogP contribution in [0.25, 0.3) is 0 Å². The maximum absolute atomic E-state index is 6.20. The normalized spacial score (nSPS) is 19.6. The van der Waals surface area contributed by atoms with Crippen molar-refractivity contribution in [1.82, 2.24) is 14.9 Å². The van der Waals surface area contributed by atoms with E-state index in [9.17, 15) is 0 Å². The molecular formula is C13H18N4O. The number of nitrogens with two attached hydrogens (primary N) is 1. The quantitative estimate of drug-likeness (QED) is 0.822. The zero-order valence-corrected chi connectivity index (χ0v) is 10.6. The molecule has 2 aromatic rings. The molecule has 0 aromatic carbocycles. The fourth-order valence-corrected chi connectivity index (χ4v) is 2.61. The molecule has 96 valence electrons. The van der Waals surface area contributed by atoms with Gasteiger partial charge < -0.3 is 10.3 Å². The molecule has 0 radical (unpaired) electrons. The van der Waals surface area contributed by atoms with Crippen molar-refractivity contribution in [2.24, 2.45) is 5.73 Å². The van der Waals surface area contributed by atoms with Gasteiger partial charge in [0.25, 0.3) is 0 Å². The topological polar surface area (TPSA) is 69.9 Å². The molecule has 2 N–H and O–H groups in total. The molecule has 2 heterocycles. The van der Waals surface area contributed by atoms with E-state index in [1.165, 1.54) is 24.0 Å². The van der Waals surface area contributed by atoms with Crippen molar-refractivity contribution in [2.75, 3.05) is 0 Å². The average Bonchev–Trinajstić information content (AvgIpc) is 2.89. The number of hydrogen-bond donors (Lipinski definition) is 1.